The summed E-state index contributed by atoms with van der Waals surface area (Å²) in [7, 11) is -4.42. The number of rotatable bonds is 12. The van der Waals surface area contributed by atoms with Gasteiger partial charge in [-0.25, -0.2) is 0 Å². The summed E-state index contributed by atoms with van der Waals surface area (Å²) < 4.78 is 38.3. The van der Waals surface area contributed by atoms with Crippen LogP contribution < -0.4 is 4.74 Å². The van der Waals surface area contributed by atoms with Crippen molar-refractivity contribution in [2.24, 2.45) is 0 Å². The fraction of sp³-hybridized carbons (Fsp3) is 0.455. The van der Waals surface area contributed by atoms with Gasteiger partial charge in [-0.3, -0.25) is 4.55 Å². The van der Waals surface area contributed by atoms with E-state index < -0.39 is 10.1 Å². The summed E-state index contributed by atoms with van der Waals surface area (Å²) in [5.74, 6) is 0.174. The summed E-state index contributed by atoms with van der Waals surface area (Å²) >= 11 is 0. The molecule has 0 saturated carbocycles. The number of unbranched alkanes of at least 4 members (excludes halogenated alkanes) is 7. The van der Waals surface area contributed by atoms with E-state index in [1.807, 2.05) is 6.07 Å². The van der Waals surface area contributed by atoms with Crippen molar-refractivity contribution in [1.29, 1.82) is 0 Å². The number of phenolic OH excluding ortho intramolecular Hbond substituents is 1. The van der Waals surface area contributed by atoms with E-state index in [0.717, 1.165) is 24.8 Å². The van der Waals surface area contributed by atoms with Crippen LogP contribution in [0.4, 0.5) is 0 Å². The van der Waals surface area contributed by atoms with Gasteiger partial charge in [0, 0.05) is 0 Å². The first-order valence-electron chi connectivity index (χ1n) is 9.98. The molecule has 154 valence electrons. The lowest BCUT2D eigenvalue weighted by Gasteiger charge is -2.14. The highest BCUT2D eigenvalue weighted by atomic mass is 32.2. The Hall–Kier alpha value is -2.05. The van der Waals surface area contributed by atoms with Crippen molar-refractivity contribution in [2.75, 3.05) is 0 Å². The molecule has 0 amide bonds. The minimum atomic E-state index is -4.42. The minimum absolute atomic E-state index is 0.0105. The van der Waals surface area contributed by atoms with Crippen molar-refractivity contribution in [3.05, 3.63) is 48.0 Å². The molecule has 2 aromatic carbocycles. The molecule has 6 heteroatoms. The van der Waals surface area contributed by atoms with E-state index in [1.54, 1.807) is 12.1 Å². The highest BCUT2D eigenvalue weighted by Gasteiger charge is 2.19. The fourth-order valence-corrected chi connectivity index (χ4v) is 3.81. The maximum absolute atomic E-state index is 11.6. The number of hydrogen-bond donors (Lipinski definition) is 2. The standard InChI is InChI=1S/C22H30O5S/c1-2-3-4-5-6-7-8-9-13-18-14-12-15-19(23)22(18)27-20-16-10-11-17-21(20)28(24,25)26/h10-12,14-17,23H,2-9,13H2,1H3,(H,24,25,26). The van der Waals surface area contributed by atoms with E-state index in [-0.39, 0.29) is 22.1 Å². The molecule has 0 radical (unpaired) electrons. The zero-order valence-electron chi connectivity index (χ0n) is 16.4. The van der Waals surface area contributed by atoms with Crippen molar-refractivity contribution in [1.82, 2.24) is 0 Å². The monoisotopic (exact) mass is 406 g/mol. The molecular formula is C22H30O5S. The van der Waals surface area contributed by atoms with Gasteiger partial charge < -0.3 is 9.84 Å². The van der Waals surface area contributed by atoms with Gasteiger partial charge in [0.2, 0.25) is 0 Å². The highest BCUT2D eigenvalue weighted by molar-refractivity contribution is 7.86. The number of aryl methyl sites for hydroxylation is 1. The zero-order chi connectivity index (χ0) is 20.4. The van der Waals surface area contributed by atoms with Crippen LogP contribution in [0.5, 0.6) is 17.2 Å². The summed E-state index contributed by atoms with van der Waals surface area (Å²) in [5.41, 5.74) is 0.816. The van der Waals surface area contributed by atoms with Gasteiger partial charge >= 0.3 is 0 Å². The van der Waals surface area contributed by atoms with E-state index in [2.05, 4.69) is 6.92 Å². The average molecular weight is 407 g/mol. The lowest BCUT2D eigenvalue weighted by Crippen LogP contribution is -2.02. The molecule has 0 heterocycles. The van der Waals surface area contributed by atoms with E-state index in [0.29, 0.717) is 0 Å². The van der Waals surface area contributed by atoms with Crippen LogP contribution in [0.25, 0.3) is 0 Å². The topological polar surface area (TPSA) is 83.8 Å². The molecule has 2 aromatic rings. The van der Waals surface area contributed by atoms with Gasteiger partial charge in [0.05, 0.1) is 0 Å². The second-order valence-electron chi connectivity index (χ2n) is 7.01. The Morgan fingerprint density at radius 1 is 0.857 bits per heavy atom. The highest BCUT2D eigenvalue weighted by Crippen LogP contribution is 2.37. The van der Waals surface area contributed by atoms with Crippen LogP contribution in [0.3, 0.4) is 0 Å². The van der Waals surface area contributed by atoms with E-state index in [9.17, 15) is 18.1 Å². The molecule has 0 saturated heterocycles. The molecule has 0 aromatic heterocycles. The largest absolute Gasteiger partial charge is 0.504 e. The Bertz CT molecular complexity index is 846. The Labute approximate surface area is 168 Å². The lowest BCUT2D eigenvalue weighted by atomic mass is 10.0. The van der Waals surface area contributed by atoms with Gasteiger partial charge in [-0.05, 0) is 36.6 Å². The smallest absolute Gasteiger partial charge is 0.298 e. The summed E-state index contributed by atoms with van der Waals surface area (Å²) in [6.07, 6.45) is 10.4. The number of para-hydroxylation sites is 2. The molecule has 0 spiro atoms. The van der Waals surface area contributed by atoms with E-state index in [1.165, 1.54) is 62.8 Å². The Morgan fingerprint density at radius 3 is 2.18 bits per heavy atom. The molecule has 0 aliphatic heterocycles. The quantitative estimate of drug-likeness (QED) is 0.328. The Morgan fingerprint density at radius 2 is 1.50 bits per heavy atom. The van der Waals surface area contributed by atoms with Crippen LogP contribution in [0.1, 0.15) is 63.9 Å². The minimum Gasteiger partial charge on any atom is -0.504 e. The van der Waals surface area contributed by atoms with Crippen molar-refractivity contribution < 1.29 is 22.8 Å². The number of ether oxygens (including phenoxy) is 1. The first-order chi connectivity index (χ1) is 13.4. The summed E-state index contributed by atoms with van der Waals surface area (Å²) in [4.78, 5) is -0.323. The molecule has 0 unspecified atom stereocenters. The predicted molar refractivity (Wildman–Crippen MR) is 111 cm³/mol. The molecule has 0 aliphatic rings. The second kappa shape index (κ2) is 11.1. The number of phenols is 1. The van der Waals surface area contributed by atoms with Crippen molar-refractivity contribution in [2.45, 2.75) is 69.6 Å². The maximum atomic E-state index is 11.6. The van der Waals surface area contributed by atoms with Crippen molar-refractivity contribution in [3.8, 4) is 17.2 Å². The third-order valence-electron chi connectivity index (χ3n) is 4.71. The van der Waals surface area contributed by atoms with Crippen molar-refractivity contribution >= 4 is 10.1 Å². The Balaban J connectivity index is 2.01. The van der Waals surface area contributed by atoms with Gasteiger partial charge in [-0.1, -0.05) is 76.1 Å². The predicted octanol–water partition coefficient (Wildman–Crippen LogP) is 6.11. The van der Waals surface area contributed by atoms with Gasteiger partial charge in [0.1, 0.15) is 10.6 Å². The third kappa shape index (κ3) is 6.84. The SMILES string of the molecule is CCCCCCCCCCc1cccc(O)c1Oc1ccccc1S(=O)(=O)O. The molecular weight excluding hydrogens is 376 g/mol. The van der Waals surface area contributed by atoms with E-state index >= 15 is 0 Å². The van der Waals surface area contributed by atoms with Crippen LogP contribution >= 0.6 is 0 Å². The molecule has 0 bridgehead atoms. The normalized spacial score (nSPS) is 11.5. The second-order valence-corrected chi connectivity index (χ2v) is 8.40. The first-order valence-corrected chi connectivity index (χ1v) is 11.4. The van der Waals surface area contributed by atoms with Crippen LogP contribution in [-0.2, 0) is 16.5 Å². The average Bonchev–Trinajstić information content (AvgIpc) is 2.66. The van der Waals surface area contributed by atoms with Gasteiger partial charge in [0.15, 0.2) is 11.5 Å². The van der Waals surface area contributed by atoms with Gasteiger partial charge in [0.25, 0.3) is 10.1 Å². The van der Waals surface area contributed by atoms with Gasteiger partial charge in [-0.2, -0.15) is 8.42 Å². The summed E-state index contributed by atoms with van der Waals surface area (Å²) in [5, 5.41) is 10.2. The Kier molecular flexibility index (Phi) is 8.80. The van der Waals surface area contributed by atoms with Crippen LogP contribution in [0.2, 0.25) is 0 Å². The molecule has 5 nitrogen and oxygen atoms in total. The fourth-order valence-electron chi connectivity index (χ4n) is 3.19. The molecule has 0 fully saturated rings. The van der Waals surface area contributed by atoms with Crippen LogP contribution in [-0.4, -0.2) is 18.1 Å². The third-order valence-corrected chi connectivity index (χ3v) is 5.61. The van der Waals surface area contributed by atoms with Crippen LogP contribution in [0, 0.1) is 0 Å². The molecule has 28 heavy (non-hydrogen) atoms. The molecule has 2 rings (SSSR count). The molecule has 0 atom stereocenters. The number of hydrogen-bond acceptors (Lipinski definition) is 4. The first kappa shape index (κ1) is 22.2. The number of aromatic hydroxyl groups is 1. The molecule has 0 aliphatic carbocycles. The number of benzene rings is 2. The van der Waals surface area contributed by atoms with E-state index in [4.69, 9.17) is 4.74 Å². The van der Waals surface area contributed by atoms with Crippen LogP contribution in [0.15, 0.2) is 47.4 Å². The summed E-state index contributed by atoms with van der Waals surface area (Å²) in [6.45, 7) is 2.21. The zero-order valence-corrected chi connectivity index (χ0v) is 17.2. The maximum Gasteiger partial charge on any atom is 0.298 e. The lowest BCUT2D eigenvalue weighted by molar-refractivity contribution is 0.397. The summed E-state index contributed by atoms with van der Waals surface area (Å²) in [6, 6.07) is 11.0. The van der Waals surface area contributed by atoms with Crippen molar-refractivity contribution in [3.63, 3.8) is 0 Å². The van der Waals surface area contributed by atoms with Gasteiger partial charge in [-0.15, -0.1) is 0 Å². The molecule has 2 N–H and O–H groups in total.